The van der Waals surface area contributed by atoms with Crippen LogP contribution in [0.2, 0.25) is 0 Å². The van der Waals surface area contributed by atoms with E-state index in [1.165, 1.54) is 0 Å². The van der Waals surface area contributed by atoms with Crippen molar-refractivity contribution in [2.75, 3.05) is 11.5 Å². The molecule has 0 spiro atoms. The predicted molar refractivity (Wildman–Crippen MR) is 62.6 cm³/mol. The maximum atomic E-state index is 14.2. The number of carbonyl (C=O) groups excluding carboxylic acids is 1. The van der Waals surface area contributed by atoms with Crippen LogP contribution in [0.4, 0.5) is 4.39 Å². The van der Waals surface area contributed by atoms with Gasteiger partial charge in [0.05, 0.1) is 11.5 Å². The molecule has 1 unspecified atom stereocenters. The first kappa shape index (κ1) is 12.2. The highest BCUT2D eigenvalue weighted by atomic mass is 32.2. The Labute approximate surface area is 99.6 Å². The second-order valence-electron chi connectivity index (χ2n) is 4.53. The lowest BCUT2D eigenvalue weighted by atomic mass is 9.95. The zero-order chi connectivity index (χ0) is 12.5. The molecule has 1 atom stereocenters. The second-order valence-corrected chi connectivity index (χ2v) is 6.71. The first-order valence-electron chi connectivity index (χ1n) is 5.36. The lowest BCUT2D eigenvalue weighted by Crippen LogP contribution is -2.27. The quantitative estimate of drug-likeness (QED) is 0.771. The predicted octanol–water partition coefficient (Wildman–Crippen LogP) is 1.57. The molecule has 1 aliphatic rings. The smallest absolute Gasteiger partial charge is 0.153 e. The van der Waals surface area contributed by atoms with E-state index in [0.717, 1.165) is 11.8 Å². The Bertz CT molecular complexity index is 521. The summed E-state index contributed by atoms with van der Waals surface area (Å²) in [6.45, 7) is 0. The van der Waals surface area contributed by atoms with Gasteiger partial charge >= 0.3 is 0 Å². The Kier molecular flexibility index (Phi) is 3.03. The number of halogens is 1. The van der Waals surface area contributed by atoms with Crippen LogP contribution in [0.5, 0.6) is 0 Å². The van der Waals surface area contributed by atoms with Gasteiger partial charge < -0.3 is 0 Å². The lowest BCUT2D eigenvalue weighted by molar-refractivity contribution is 0.112. The molecule has 1 saturated heterocycles. The van der Waals surface area contributed by atoms with Crippen LogP contribution in [0, 0.1) is 0 Å². The van der Waals surface area contributed by atoms with Gasteiger partial charge in [-0.3, -0.25) is 4.79 Å². The van der Waals surface area contributed by atoms with Crippen molar-refractivity contribution < 1.29 is 17.6 Å². The highest BCUT2D eigenvalue weighted by molar-refractivity contribution is 7.91. The average Bonchev–Trinajstić information content (AvgIpc) is 2.54. The highest BCUT2D eigenvalue weighted by Gasteiger charge is 2.42. The van der Waals surface area contributed by atoms with E-state index < -0.39 is 21.3 Å². The summed E-state index contributed by atoms with van der Waals surface area (Å²) in [5, 5.41) is 0. The van der Waals surface area contributed by atoms with Gasteiger partial charge in [-0.15, -0.1) is 0 Å². The molecule has 1 fully saturated rings. The molecule has 1 heterocycles. The van der Waals surface area contributed by atoms with E-state index in [-0.39, 0.29) is 18.6 Å². The summed E-state index contributed by atoms with van der Waals surface area (Å²) in [4.78, 5) is 10.5. The molecule has 3 nitrogen and oxygen atoms in total. The third kappa shape index (κ3) is 2.91. The van der Waals surface area contributed by atoms with E-state index in [4.69, 9.17) is 0 Å². The Morgan fingerprint density at radius 3 is 2.41 bits per heavy atom. The minimum atomic E-state index is -3.22. The molecule has 0 bridgehead atoms. The molecular weight excluding hydrogens is 243 g/mol. The standard InChI is InChI=1S/C12H13FO3S/c13-12(5-6-17(15,16)9-12)7-10-1-3-11(8-14)4-2-10/h1-4,8H,5-7,9H2. The van der Waals surface area contributed by atoms with Crippen LogP contribution in [0.25, 0.3) is 0 Å². The number of sulfone groups is 1. The van der Waals surface area contributed by atoms with Crippen LogP contribution in [-0.4, -0.2) is 31.9 Å². The second kappa shape index (κ2) is 4.22. The van der Waals surface area contributed by atoms with E-state index in [9.17, 15) is 17.6 Å². The van der Waals surface area contributed by atoms with Gasteiger partial charge in [0.25, 0.3) is 0 Å². The molecule has 0 aromatic heterocycles. The van der Waals surface area contributed by atoms with E-state index in [1.54, 1.807) is 24.3 Å². The molecule has 0 amide bonds. The first-order valence-corrected chi connectivity index (χ1v) is 7.18. The maximum Gasteiger partial charge on any atom is 0.153 e. The molecule has 0 aliphatic carbocycles. The third-order valence-corrected chi connectivity index (χ3v) is 4.76. The maximum absolute atomic E-state index is 14.2. The third-order valence-electron chi connectivity index (χ3n) is 2.98. The molecular formula is C12H13FO3S. The molecule has 5 heteroatoms. The van der Waals surface area contributed by atoms with Gasteiger partial charge in [-0.1, -0.05) is 24.3 Å². The number of rotatable bonds is 3. The largest absolute Gasteiger partial charge is 0.298 e. The van der Waals surface area contributed by atoms with Crippen molar-refractivity contribution in [2.24, 2.45) is 0 Å². The number of alkyl halides is 1. The summed E-state index contributed by atoms with van der Waals surface area (Å²) in [6, 6.07) is 6.54. The van der Waals surface area contributed by atoms with Gasteiger partial charge in [-0.25, -0.2) is 12.8 Å². The summed E-state index contributed by atoms with van der Waals surface area (Å²) >= 11 is 0. The van der Waals surface area contributed by atoms with E-state index in [0.29, 0.717) is 5.56 Å². The zero-order valence-corrected chi connectivity index (χ0v) is 10.0. The van der Waals surface area contributed by atoms with Crippen molar-refractivity contribution in [3.8, 4) is 0 Å². The summed E-state index contributed by atoms with van der Waals surface area (Å²) < 4.78 is 36.7. The minimum Gasteiger partial charge on any atom is -0.298 e. The van der Waals surface area contributed by atoms with Gasteiger partial charge in [0.2, 0.25) is 0 Å². The normalized spacial score (nSPS) is 26.9. The molecule has 92 valence electrons. The van der Waals surface area contributed by atoms with Crippen LogP contribution < -0.4 is 0 Å². The van der Waals surface area contributed by atoms with Crippen LogP contribution in [0.15, 0.2) is 24.3 Å². The van der Waals surface area contributed by atoms with Crippen LogP contribution >= 0.6 is 0 Å². The molecule has 1 aliphatic heterocycles. The summed E-state index contributed by atoms with van der Waals surface area (Å²) in [5.41, 5.74) is -0.405. The SMILES string of the molecule is O=Cc1ccc(CC2(F)CCS(=O)(=O)C2)cc1. The van der Waals surface area contributed by atoms with E-state index in [2.05, 4.69) is 0 Å². The Morgan fingerprint density at radius 2 is 1.94 bits per heavy atom. The minimum absolute atomic E-state index is 0.0603. The van der Waals surface area contributed by atoms with Crippen molar-refractivity contribution >= 4 is 16.1 Å². The van der Waals surface area contributed by atoms with Gasteiger partial charge in [-0.2, -0.15) is 0 Å². The number of hydrogen-bond acceptors (Lipinski definition) is 3. The molecule has 0 radical (unpaired) electrons. The number of carbonyl (C=O) groups is 1. The Hall–Kier alpha value is -1.23. The van der Waals surface area contributed by atoms with E-state index in [1.807, 2.05) is 0 Å². The van der Waals surface area contributed by atoms with Crippen molar-refractivity contribution in [1.29, 1.82) is 0 Å². The average molecular weight is 256 g/mol. The van der Waals surface area contributed by atoms with Crippen molar-refractivity contribution in [3.63, 3.8) is 0 Å². The topological polar surface area (TPSA) is 51.2 Å². The van der Waals surface area contributed by atoms with Crippen molar-refractivity contribution in [1.82, 2.24) is 0 Å². The van der Waals surface area contributed by atoms with Gasteiger partial charge in [-0.05, 0) is 12.0 Å². The van der Waals surface area contributed by atoms with Crippen molar-refractivity contribution in [3.05, 3.63) is 35.4 Å². The first-order chi connectivity index (χ1) is 7.92. The fourth-order valence-corrected chi connectivity index (χ4v) is 3.95. The molecule has 1 aromatic rings. The van der Waals surface area contributed by atoms with Gasteiger partial charge in [0.1, 0.15) is 12.0 Å². The van der Waals surface area contributed by atoms with Crippen LogP contribution in [-0.2, 0) is 16.3 Å². The molecule has 0 saturated carbocycles. The Balaban J connectivity index is 2.13. The fraction of sp³-hybridized carbons (Fsp3) is 0.417. The zero-order valence-electron chi connectivity index (χ0n) is 9.23. The fourth-order valence-electron chi connectivity index (χ4n) is 2.10. The molecule has 0 N–H and O–H groups in total. The number of benzene rings is 1. The van der Waals surface area contributed by atoms with E-state index >= 15 is 0 Å². The summed E-state index contributed by atoms with van der Waals surface area (Å²) in [7, 11) is -3.22. The summed E-state index contributed by atoms with van der Waals surface area (Å²) in [5.74, 6) is -0.467. The molecule has 17 heavy (non-hydrogen) atoms. The Morgan fingerprint density at radius 1 is 1.29 bits per heavy atom. The lowest BCUT2D eigenvalue weighted by Gasteiger charge is -2.17. The monoisotopic (exact) mass is 256 g/mol. The van der Waals surface area contributed by atoms with Gasteiger partial charge in [0.15, 0.2) is 9.84 Å². The summed E-state index contributed by atoms with van der Waals surface area (Å²) in [6.07, 6.45) is 0.866. The van der Waals surface area contributed by atoms with Crippen LogP contribution in [0.1, 0.15) is 22.3 Å². The van der Waals surface area contributed by atoms with Crippen molar-refractivity contribution in [2.45, 2.75) is 18.5 Å². The van der Waals surface area contributed by atoms with Gasteiger partial charge in [0, 0.05) is 12.0 Å². The number of hydrogen-bond donors (Lipinski definition) is 0. The molecule has 1 aromatic carbocycles. The van der Waals surface area contributed by atoms with Crippen LogP contribution in [0.3, 0.4) is 0 Å². The molecule has 2 rings (SSSR count). The number of aldehydes is 1. The highest BCUT2D eigenvalue weighted by Crippen LogP contribution is 2.31.